The van der Waals surface area contributed by atoms with Crippen molar-refractivity contribution >= 4 is 17.4 Å². The summed E-state index contributed by atoms with van der Waals surface area (Å²) >= 11 is 0. The molecule has 23 heavy (non-hydrogen) atoms. The molecule has 0 bridgehead atoms. The van der Waals surface area contributed by atoms with E-state index < -0.39 is 0 Å². The van der Waals surface area contributed by atoms with E-state index in [9.17, 15) is 4.79 Å². The fourth-order valence-corrected chi connectivity index (χ4v) is 3.21. The molecular formula is C17H25N5O. The zero-order chi connectivity index (χ0) is 16.2. The number of amides is 2. The lowest BCUT2D eigenvalue weighted by atomic mass is 10.1. The van der Waals surface area contributed by atoms with Crippen LogP contribution in [0.4, 0.5) is 10.5 Å². The van der Waals surface area contributed by atoms with E-state index in [-0.39, 0.29) is 6.03 Å². The summed E-state index contributed by atoms with van der Waals surface area (Å²) in [6.45, 7) is 9.29. The normalized spacial score (nSPS) is 18.0. The number of fused-ring (bicyclic) bond motifs is 1. The zero-order valence-electron chi connectivity index (χ0n) is 13.9. The van der Waals surface area contributed by atoms with E-state index in [1.165, 1.54) is 0 Å². The van der Waals surface area contributed by atoms with Crippen LogP contribution in [0.1, 0.15) is 20.3 Å². The number of aromatic nitrogens is 2. The van der Waals surface area contributed by atoms with Gasteiger partial charge in [-0.05, 0) is 37.6 Å². The highest BCUT2D eigenvalue weighted by Crippen LogP contribution is 2.19. The van der Waals surface area contributed by atoms with Gasteiger partial charge in [-0.2, -0.15) is 0 Å². The van der Waals surface area contributed by atoms with Gasteiger partial charge >= 0.3 is 6.03 Å². The van der Waals surface area contributed by atoms with Crippen LogP contribution in [0.2, 0.25) is 0 Å². The average molecular weight is 315 g/mol. The van der Waals surface area contributed by atoms with E-state index in [1.54, 1.807) is 6.20 Å². The molecule has 2 amide bonds. The minimum Gasteiger partial charge on any atom is -0.324 e. The second-order valence-corrected chi connectivity index (χ2v) is 6.13. The van der Waals surface area contributed by atoms with Crippen molar-refractivity contribution in [3.8, 4) is 0 Å². The molecule has 0 aromatic carbocycles. The van der Waals surface area contributed by atoms with Crippen LogP contribution >= 0.6 is 0 Å². The summed E-state index contributed by atoms with van der Waals surface area (Å²) in [5.41, 5.74) is 1.68. The summed E-state index contributed by atoms with van der Waals surface area (Å²) in [4.78, 5) is 21.0. The Morgan fingerprint density at radius 1 is 1.39 bits per heavy atom. The zero-order valence-corrected chi connectivity index (χ0v) is 13.9. The molecule has 6 nitrogen and oxygen atoms in total. The standard InChI is InChI=1S/C17H25N5O/c1-3-20(4-2)11-14-7-9-22(12-14)17(23)19-15-5-6-16-18-8-10-21(16)13-15/h5-6,8,10,13-14H,3-4,7,9,11-12H2,1-2H3,(H,19,23). The fourth-order valence-electron chi connectivity index (χ4n) is 3.21. The van der Waals surface area contributed by atoms with E-state index in [4.69, 9.17) is 0 Å². The Labute approximate surface area is 137 Å². The predicted octanol–water partition coefficient (Wildman–Crippen LogP) is 2.53. The highest BCUT2D eigenvalue weighted by Gasteiger charge is 2.27. The maximum Gasteiger partial charge on any atom is 0.321 e. The highest BCUT2D eigenvalue weighted by atomic mass is 16.2. The van der Waals surface area contributed by atoms with Gasteiger partial charge in [0.25, 0.3) is 0 Å². The number of nitrogens with zero attached hydrogens (tertiary/aromatic N) is 4. The number of carbonyl (C=O) groups is 1. The van der Waals surface area contributed by atoms with Crippen molar-refractivity contribution in [3.63, 3.8) is 0 Å². The number of likely N-dealkylation sites (tertiary alicyclic amines) is 1. The Morgan fingerprint density at radius 2 is 2.22 bits per heavy atom. The minimum absolute atomic E-state index is 0.00786. The molecule has 1 unspecified atom stereocenters. The number of urea groups is 1. The molecule has 2 aromatic heterocycles. The number of anilines is 1. The van der Waals surface area contributed by atoms with Gasteiger partial charge in [-0.15, -0.1) is 0 Å². The van der Waals surface area contributed by atoms with Crippen molar-refractivity contribution in [2.75, 3.05) is 38.0 Å². The highest BCUT2D eigenvalue weighted by molar-refractivity contribution is 5.89. The summed E-state index contributed by atoms with van der Waals surface area (Å²) in [5.74, 6) is 0.580. The Balaban J connectivity index is 1.56. The number of carbonyl (C=O) groups excluding carboxylic acids is 1. The van der Waals surface area contributed by atoms with Crippen LogP contribution in [0.15, 0.2) is 30.7 Å². The van der Waals surface area contributed by atoms with Crippen molar-refractivity contribution in [1.82, 2.24) is 19.2 Å². The van der Waals surface area contributed by atoms with Crippen LogP contribution in [-0.4, -0.2) is 57.9 Å². The fraction of sp³-hybridized carbons (Fsp3) is 0.529. The maximum absolute atomic E-state index is 12.4. The van der Waals surface area contributed by atoms with E-state index in [0.29, 0.717) is 5.92 Å². The van der Waals surface area contributed by atoms with Gasteiger partial charge in [0, 0.05) is 38.2 Å². The smallest absolute Gasteiger partial charge is 0.321 e. The van der Waals surface area contributed by atoms with Gasteiger partial charge in [0.05, 0.1) is 5.69 Å². The first kappa shape index (κ1) is 15.8. The third-order valence-corrected chi connectivity index (χ3v) is 4.62. The Morgan fingerprint density at radius 3 is 3.00 bits per heavy atom. The van der Waals surface area contributed by atoms with Crippen LogP contribution in [-0.2, 0) is 0 Å². The number of pyridine rings is 1. The topological polar surface area (TPSA) is 52.9 Å². The van der Waals surface area contributed by atoms with Crippen molar-refractivity contribution in [2.24, 2.45) is 5.92 Å². The van der Waals surface area contributed by atoms with Crippen molar-refractivity contribution in [1.29, 1.82) is 0 Å². The molecular weight excluding hydrogens is 290 g/mol. The first-order chi connectivity index (χ1) is 11.2. The van der Waals surface area contributed by atoms with Crippen molar-refractivity contribution < 1.29 is 4.79 Å². The van der Waals surface area contributed by atoms with Gasteiger partial charge in [-0.3, -0.25) is 0 Å². The average Bonchev–Trinajstić information content (AvgIpc) is 3.21. The summed E-state index contributed by atoms with van der Waals surface area (Å²) in [6, 6.07) is 3.79. The molecule has 1 fully saturated rings. The molecule has 0 spiro atoms. The Kier molecular flexibility index (Phi) is 4.81. The van der Waals surface area contributed by atoms with E-state index >= 15 is 0 Å². The lowest BCUT2D eigenvalue weighted by Crippen LogP contribution is -2.35. The first-order valence-electron chi connectivity index (χ1n) is 8.40. The Bertz CT molecular complexity index is 664. The molecule has 124 valence electrons. The van der Waals surface area contributed by atoms with Crippen LogP contribution in [0, 0.1) is 5.92 Å². The molecule has 2 aromatic rings. The molecule has 1 aliphatic rings. The van der Waals surface area contributed by atoms with Crippen LogP contribution in [0.3, 0.4) is 0 Å². The summed E-state index contributed by atoms with van der Waals surface area (Å²) in [6.07, 6.45) is 6.61. The number of rotatable bonds is 5. The minimum atomic E-state index is -0.00786. The van der Waals surface area contributed by atoms with E-state index in [2.05, 4.69) is 29.0 Å². The molecule has 0 saturated carbocycles. The number of hydrogen-bond acceptors (Lipinski definition) is 3. The van der Waals surface area contributed by atoms with Gasteiger partial charge in [0.1, 0.15) is 5.65 Å². The molecule has 1 saturated heterocycles. The molecule has 1 aliphatic heterocycles. The number of imidazole rings is 1. The Hall–Kier alpha value is -2.08. The third kappa shape index (κ3) is 3.64. The van der Waals surface area contributed by atoms with Gasteiger partial charge in [0.2, 0.25) is 0 Å². The molecule has 3 rings (SSSR count). The van der Waals surface area contributed by atoms with Gasteiger partial charge in [0.15, 0.2) is 0 Å². The predicted molar refractivity (Wildman–Crippen MR) is 91.7 cm³/mol. The number of hydrogen-bond donors (Lipinski definition) is 1. The third-order valence-electron chi connectivity index (χ3n) is 4.62. The van der Waals surface area contributed by atoms with Crippen LogP contribution in [0.5, 0.6) is 0 Å². The molecule has 0 radical (unpaired) electrons. The lowest BCUT2D eigenvalue weighted by Gasteiger charge is -2.22. The van der Waals surface area contributed by atoms with Gasteiger partial charge < -0.3 is 19.5 Å². The summed E-state index contributed by atoms with van der Waals surface area (Å²) < 4.78 is 1.91. The van der Waals surface area contributed by atoms with Gasteiger partial charge in [-0.25, -0.2) is 9.78 Å². The molecule has 3 heterocycles. The second kappa shape index (κ2) is 7.00. The summed E-state index contributed by atoms with van der Waals surface area (Å²) in [7, 11) is 0. The lowest BCUT2D eigenvalue weighted by molar-refractivity contribution is 0.215. The summed E-state index contributed by atoms with van der Waals surface area (Å²) in [5, 5.41) is 2.99. The van der Waals surface area contributed by atoms with E-state index in [0.717, 1.165) is 50.5 Å². The molecule has 0 aliphatic carbocycles. The molecule has 1 atom stereocenters. The van der Waals surface area contributed by atoms with Crippen molar-refractivity contribution in [2.45, 2.75) is 20.3 Å². The maximum atomic E-state index is 12.4. The first-order valence-corrected chi connectivity index (χ1v) is 8.40. The van der Waals surface area contributed by atoms with Crippen LogP contribution in [0.25, 0.3) is 5.65 Å². The van der Waals surface area contributed by atoms with Crippen molar-refractivity contribution in [3.05, 3.63) is 30.7 Å². The van der Waals surface area contributed by atoms with Gasteiger partial charge in [-0.1, -0.05) is 13.8 Å². The SMILES string of the molecule is CCN(CC)CC1CCN(C(=O)Nc2ccc3nccn3c2)C1. The molecule has 6 heteroatoms. The number of nitrogens with one attached hydrogen (secondary N) is 1. The molecule has 1 N–H and O–H groups in total. The van der Waals surface area contributed by atoms with Crippen LogP contribution < -0.4 is 5.32 Å². The largest absolute Gasteiger partial charge is 0.324 e. The quantitative estimate of drug-likeness (QED) is 0.922. The monoisotopic (exact) mass is 315 g/mol. The van der Waals surface area contributed by atoms with E-state index in [1.807, 2.05) is 33.8 Å². The second-order valence-electron chi connectivity index (χ2n) is 6.13.